The highest BCUT2D eigenvalue weighted by Crippen LogP contribution is 2.22. The molecule has 0 heterocycles. The van der Waals surface area contributed by atoms with Crippen LogP contribution in [0.15, 0.2) is 42.5 Å². The molecule has 23 heavy (non-hydrogen) atoms. The first-order chi connectivity index (χ1) is 11.2. The summed E-state index contributed by atoms with van der Waals surface area (Å²) < 4.78 is 4.65. The van der Waals surface area contributed by atoms with Crippen molar-refractivity contribution < 1.29 is 14.3 Å². The zero-order valence-electron chi connectivity index (χ0n) is 13.1. The Morgan fingerprint density at radius 2 is 1.57 bits per heavy atom. The van der Waals surface area contributed by atoms with E-state index in [0.29, 0.717) is 16.8 Å². The molecular weight excluding hydrogens is 290 g/mol. The quantitative estimate of drug-likeness (QED) is 0.881. The Labute approximate surface area is 135 Å². The smallest absolute Gasteiger partial charge is 0.337 e. The molecule has 4 nitrogen and oxygen atoms in total. The van der Waals surface area contributed by atoms with Crippen LogP contribution < -0.4 is 5.32 Å². The summed E-state index contributed by atoms with van der Waals surface area (Å²) in [4.78, 5) is 23.8. The average molecular weight is 309 g/mol. The van der Waals surface area contributed by atoms with Gasteiger partial charge in [0.1, 0.15) is 0 Å². The van der Waals surface area contributed by atoms with Crippen molar-refractivity contribution in [3.63, 3.8) is 0 Å². The van der Waals surface area contributed by atoms with Gasteiger partial charge in [-0.1, -0.05) is 6.07 Å². The lowest BCUT2D eigenvalue weighted by molar-refractivity contribution is 0.0600. The zero-order chi connectivity index (χ0) is 16.2. The molecule has 2 aromatic carbocycles. The maximum Gasteiger partial charge on any atom is 0.337 e. The van der Waals surface area contributed by atoms with Gasteiger partial charge in [-0.3, -0.25) is 4.79 Å². The van der Waals surface area contributed by atoms with Crippen molar-refractivity contribution in [1.29, 1.82) is 0 Å². The number of aryl methyl sites for hydroxylation is 2. The molecule has 1 amide bonds. The topological polar surface area (TPSA) is 55.4 Å². The Balaban J connectivity index is 1.72. The van der Waals surface area contributed by atoms with Crippen molar-refractivity contribution in [1.82, 2.24) is 0 Å². The van der Waals surface area contributed by atoms with Crippen LogP contribution in [0, 0.1) is 0 Å². The van der Waals surface area contributed by atoms with E-state index in [1.54, 1.807) is 24.3 Å². The lowest BCUT2D eigenvalue weighted by Gasteiger charge is -2.16. The molecule has 1 N–H and O–H groups in total. The Morgan fingerprint density at radius 3 is 2.26 bits per heavy atom. The summed E-state index contributed by atoms with van der Waals surface area (Å²) in [6, 6.07) is 12.6. The van der Waals surface area contributed by atoms with Gasteiger partial charge in [0.15, 0.2) is 0 Å². The number of nitrogens with one attached hydrogen (secondary N) is 1. The standard InChI is InChI=1S/C19H19NO3/c1-23-19(22)14-8-10-17(11-9-14)20-18(21)16-7-6-13-4-2-3-5-15(13)12-16/h6-12H,2-5H2,1H3,(H,20,21). The third kappa shape index (κ3) is 3.42. The van der Waals surface area contributed by atoms with Crippen LogP contribution in [0.4, 0.5) is 5.69 Å². The number of carbonyl (C=O) groups excluding carboxylic acids is 2. The van der Waals surface area contributed by atoms with E-state index in [9.17, 15) is 9.59 Å². The predicted octanol–water partition coefficient (Wildman–Crippen LogP) is 3.60. The summed E-state index contributed by atoms with van der Waals surface area (Å²) >= 11 is 0. The van der Waals surface area contributed by atoms with Crippen LogP contribution in [0.1, 0.15) is 44.7 Å². The maximum atomic E-state index is 12.4. The van der Waals surface area contributed by atoms with Gasteiger partial charge >= 0.3 is 5.97 Å². The number of hydrogen-bond donors (Lipinski definition) is 1. The fourth-order valence-electron chi connectivity index (χ4n) is 2.89. The summed E-state index contributed by atoms with van der Waals surface area (Å²) in [6.45, 7) is 0. The monoisotopic (exact) mass is 309 g/mol. The number of ether oxygens (including phenoxy) is 1. The number of amides is 1. The fourth-order valence-corrected chi connectivity index (χ4v) is 2.89. The molecule has 0 fully saturated rings. The van der Waals surface area contributed by atoms with Gasteiger partial charge in [-0.25, -0.2) is 4.79 Å². The van der Waals surface area contributed by atoms with Crippen LogP contribution in [0.2, 0.25) is 0 Å². The summed E-state index contributed by atoms with van der Waals surface area (Å²) in [7, 11) is 1.34. The fraction of sp³-hybridized carbons (Fsp3) is 0.263. The second-order valence-electron chi connectivity index (χ2n) is 5.71. The Morgan fingerprint density at radius 1 is 0.913 bits per heavy atom. The molecule has 118 valence electrons. The van der Waals surface area contributed by atoms with Crippen LogP contribution in [-0.4, -0.2) is 19.0 Å². The Hall–Kier alpha value is -2.62. The van der Waals surface area contributed by atoms with E-state index < -0.39 is 5.97 Å². The minimum Gasteiger partial charge on any atom is -0.465 e. The third-order valence-corrected chi connectivity index (χ3v) is 4.17. The molecule has 0 aliphatic heterocycles. The molecular formula is C19H19NO3. The molecule has 1 aliphatic carbocycles. The first kappa shape index (κ1) is 15.3. The second kappa shape index (κ2) is 6.65. The van der Waals surface area contributed by atoms with Gasteiger partial charge in [0, 0.05) is 11.3 Å². The highest BCUT2D eigenvalue weighted by Gasteiger charge is 2.13. The first-order valence-electron chi connectivity index (χ1n) is 7.79. The van der Waals surface area contributed by atoms with Crippen molar-refractivity contribution in [2.75, 3.05) is 12.4 Å². The average Bonchev–Trinajstić information content (AvgIpc) is 2.61. The van der Waals surface area contributed by atoms with Crippen LogP contribution in [0.25, 0.3) is 0 Å². The zero-order valence-corrected chi connectivity index (χ0v) is 13.1. The lowest BCUT2D eigenvalue weighted by atomic mass is 9.90. The highest BCUT2D eigenvalue weighted by molar-refractivity contribution is 6.04. The number of fused-ring (bicyclic) bond motifs is 1. The normalized spacial score (nSPS) is 13.1. The Kier molecular flexibility index (Phi) is 4.42. The Bertz CT molecular complexity index is 735. The maximum absolute atomic E-state index is 12.4. The van der Waals surface area contributed by atoms with E-state index in [1.165, 1.54) is 31.1 Å². The third-order valence-electron chi connectivity index (χ3n) is 4.17. The summed E-state index contributed by atoms with van der Waals surface area (Å²) in [5.74, 6) is -0.526. The van der Waals surface area contributed by atoms with Gasteiger partial charge in [0.2, 0.25) is 0 Å². The van der Waals surface area contributed by atoms with Crippen molar-refractivity contribution >= 4 is 17.6 Å². The first-order valence-corrected chi connectivity index (χ1v) is 7.79. The molecule has 1 aliphatic rings. The molecule has 0 bridgehead atoms. The van der Waals surface area contributed by atoms with E-state index >= 15 is 0 Å². The summed E-state index contributed by atoms with van der Waals surface area (Å²) in [6.07, 6.45) is 4.56. The number of esters is 1. The molecule has 0 radical (unpaired) electrons. The van der Waals surface area contributed by atoms with Gasteiger partial charge in [0.05, 0.1) is 12.7 Å². The van der Waals surface area contributed by atoms with E-state index in [1.807, 2.05) is 12.1 Å². The molecule has 4 heteroatoms. The molecule has 0 saturated carbocycles. The van der Waals surface area contributed by atoms with Crippen molar-refractivity contribution in [2.24, 2.45) is 0 Å². The summed E-state index contributed by atoms with van der Waals surface area (Å²) in [5.41, 5.74) is 4.42. The number of hydrogen-bond acceptors (Lipinski definition) is 3. The molecule has 0 spiro atoms. The number of rotatable bonds is 3. The lowest BCUT2D eigenvalue weighted by Crippen LogP contribution is -2.13. The van der Waals surface area contributed by atoms with Gasteiger partial charge in [-0.15, -0.1) is 0 Å². The minimum atomic E-state index is -0.391. The van der Waals surface area contributed by atoms with Crippen LogP contribution in [0.5, 0.6) is 0 Å². The van der Waals surface area contributed by atoms with Crippen LogP contribution in [0.3, 0.4) is 0 Å². The number of benzene rings is 2. The number of methoxy groups -OCH3 is 1. The van der Waals surface area contributed by atoms with Gasteiger partial charge < -0.3 is 10.1 Å². The molecule has 3 rings (SSSR count). The highest BCUT2D eigenvalue weighted by atomic mass is 16.5. The van der Waals surface area contributed by atoms with E-state index in [4.69, 9.17) is 0 Å². The largest absolute Gasteiger partial charge is 0.465 e. The van der Waals surface area contributed by atoms with Gasteiger partial charge in [-0.05, 0) is 73.2 Å². The van der Waals surface area contributed by atoms with Crippen molar-refractivity contribution in [3.05, 3.63) is 64.7 Å². The second-order valence-corrected chi connectivity index (χ2v) is 5.71. The van der Waals surface area contributed by atoms with Crippen LogP contribution in [-0.2, 0) is 17.6 Å². The molecule has 2 aromatic rings. The van der Waals surface area contributed by atoms with Crippen molar-refractivity contribution in [2.45, 2.75) is 25.7 Å². The molecule has 0 unspecified atom stereocenters. The number of anilines is 1. The summed E-state index contributed by atoms with van der Waals surface area (Å²) in [5, 5.41) is 2.86. The van der Waals surface area contributed by atoms with Gasteiger partial charge in [0.25, 0.3) is 5.91 Å². The number of carbonyl (C=O) groups is 2. The predicted molar refractivity (Wildman–Crippen MR) is 88.8 cm³/mol. The SMILES string of the molecule is COC(=O)c1ccc(NC(=O)c2ccc3c(c2)CCCC3)cc1. The molecule has 0 aromatic heterocycles. The van der Waals surface area contributed by atoms with Crippen molar-refractivity contribution in [3.8, 4) is 0 Å². The van der Waals surface area contributed by atoms with E-state index in [2.05, 4.69) is 16.1 Å². The molecule has 0 atom stereocenters. The van der Waals surface area contributed by atoms with Gasteiger partial charge in [-0.2, -0.15) is 0 Å². The van der Waals surface area contributed by atoms with E-state index in [-0.39, 0.29) is 5.91 Å². The van der Waals surface area contributed by atoms with Crippen LogP contribution >= 0.6 is 0 Å². The van der Waals surface area contributed by atoms with E-state index in [0.717, 1.165) is 12.8 Å². The molecule has 0 saturated heterocycles. The minimum absolute atomic E-state index is 0.135.